The molecule has 1 heterocycles. The zero-order chi connectivity index (χ0) is 16.8. The lowest BCUT2D eigenvalue weighted by atomic mass is 9.96. The number of hydrogen-bond donors (Lipinski definition) is 2. The van der Waals surface area contributed by atoms with Gasteiger partial charge in [-0.05, 0) is 38.5 Å². The van der Waals surface area contributed by atoms with Crippen molar-refractivity contribution in [3.8, 4) is 0 Å². The quantitative estimate of drug-likeness (QED) is 0.777. The standard InChI is InChI=1S/C19H33N3O2/c23-18(20-15-9-4-1-2-5-10-15)17-13-8-14-22(17)19(24)21-16-11-6-3-7-12-16/h15-17H,1-14H2,(H,20,23)(H,21,24)/t17-/m0/s1. The molecule has 0 aromatic heterocycles. The summed E-state index contributed by atoms with van der Waals surface area (Å²) in [6, 6.07) is 0.318. The molecule has 5 heteroatoms. The maximum atomic E-state index is 12.7. The van der Waals surface area contributed by atoms with Crippen LogP contribution in [0.4, 0.5) is 4.79 Å². The first kappa shape index (κ1) is 17.6. The monoisotopic (exact) mass is 335 g/mol. The summed E-state index contributed by atoms with van der Waals surface area (Å²) in [6.07, 6.45) is 14.8. The fourth-order valence-corrected chi connectivity index (χ4v) is 4.51. The molecule has 136 valence electrons. The molecular formula is C19H33N3O2. The van der Waals surface area contributed by atoms with Crippen molar-refractivity contribution in [1.29, 1.82) is 0 Å². The molecule has 0 aromatic carbocycles. The molecule has 2 saturated carbocycles. The molecule has 0 radical (unpaired) electrons. The zero-order valence-corrected chi connectivity index (χ0v) is 14.9. The topological polar surface area (TPSA) is 61.4 Å². The second-order valence-corrected chi connectivity index (χ2v) is 7.83. The highest BCUT2D eigenvalue weighted by molar-refractivity contribution is 5.87. The Morgan fingerprint density at radius 3 is 1.83 bits per heavy atom. The van der Waals surface area contributed by atoms with Crippen LogP contribution in [-0.4, -0.2) is 41.5 Å². The summed E-state index contributed by atoms with van der Waals surface area (Å²) in [6.45, 7) is 0.710. The summed E-state index contributed by atoms with van der Waals surface area (Å²) < 4.78 is 0. The van der Waals surface area contributed by atoms with Crippen LogP contribution in [0.2, 0.25) is 0 Å². The molecule has 24 heavy (non-hydrogen) atoms. The van der Waals surface area contributed by atoms with E-state index in [4.69, 9.17) is 0 Å². The maximum absolute atomic E-state index is 12.7. The van der Waals surface area contributed by atoms with Crippen LogP contribution in [0.25, 0.3) is 0 Å². The number of nitrogens with zero attached hydrogens (tertiary/aromatic N) is 1. The van der Waals surface area contributed by atoms with Crippen LogP contribution < -0.4 is 10.6 Å². The number of carbonyl (C=O) groups is 2. The number of amides is 3. The highest BCUT2D eigenvalue weighted by Crippen LogP contribution is 2.22. The van der Waals surface area contributed by atoms with Gasteiger partial charge >= 0.3 is 6.03 Å². The van der Waals surface area contributed by atoms with Crippen molar-refractivity contribution in [2.45, 2.75) is 102 Å². The van der Waals surface area contributed by atoms with Gasteiger partial charge in [0.2, 0.25) is 5.91 Å². The molecule has 2 N–H and O–H groups in total. The van der Waals surface area contributed by atoms with Crippen molar-refractivity contribution in [2.24, 2.45) is 0 Å². The molecule has 0 aromatic rings. The third kappa shape index (κ3) is 4.64. The first-order valence-electron chi connectivity index (χ1n) is 10.1. The predicted octanol–water partition coefficient (Wildman–Crippen LogP) is 3.33. The van der Waals surface area contributed by atoms with E-state index in [0.717, 1.165) is 38.5 Å². The molecule has 2 aliphatic carbocycles. The van der Waals surface area contributed by atoms with E-state index in [-0.39, 0.29) is 18.0 Å². The molecule has 1 aliphatic heterocycles. The van der Waals surface area contributed by atoms with E-state index in [1.165, 1.54) is 44.9 Å². The Morgan fingerprint density at radius 1 is 0.667 bits per heavy atom. The minimum absolute atomic E-state index is 0.0274. The highest BCUT2D eigenvalue weighted by atomic mass is 16.2. The molecular weight excluding hydrogens is 302 g/mol. The lowest BCUT2D eigenvalue weighted by Crippen LogP contribution is -2.53. The summed E-state index contributed by atoms with van der Waals surface area (Å²) in [7, 11) is 0. The Labute approximate surface area is 145 Å². The van der Waals surface area contributed by atoms with E-state index >= 15 is 0 Å². The average molecular weight is 335 g/mol. The smallest absolute Gasteiger partial charge is 0.318 e. The van der Waals surface area contributed by atoms with E-state index in [1.54, 1.807) is 4.90 Å². The second kappa shape index (κ2) is 8.72. The molecule has 3 rings (SSSR count). The van der Waals surface area contributed by atoms with E-state index in [9.17, 15) is 9.59 Å². The lowest BCUT2D eigenvalue weighted by molar-refractivity contribution is -0.125. The van der Waals surface area contributed by atoms with Gasteiger partial charge in [-0.15, -0.1) is 0 Å². The van der Waals surface area contributed by atoms with E-state index in [1.807, 2.05) is 0 Å². The largest absolute Gasteiger partial charge is 0.352 e. The summed E-state index contributed by atoms with van der Waals surface area (Å²) in [4.78, 5) is 27.1. The fraction of sp³-hybridized carbons (Fsp3) is 0.895. The first-order chi connectivity index (χ1) is 11.7. The zero-order valence-electron chi connectivity index (χ0n) is 14.9. The Bertz CT molecular complexity index is 426. The summed E-state index contributed by atoms with van der Waals surface area (Å²) in [5, 5.41) is 6.39. The van der Waals surface area contributed by atoms with E-state index < -0.39 is 0 Å². The molecule has 0 bridgehead atoms. The molecule has 0 spiro atoms. The molecule has 5 nitrogen and oxygen atoms in total. The Kier molecular flexibility index (Phi) is 6.38. The molecule has 3 amide bonds. The number of nitrogens with one attached hydrogen (secondary N) is 2. The Hall–Kier alpha value is -1.26. The van der Waals surface area contributed by atoms with Gasteiger partial charge in [-0.3, -0.25) is 4.79 Å². The van der Waals surface area contributed by atoms with Crippen LogP contribution in [0.1, 0.15) is 83.5 Å². The van der Waals surface area contributed by atoms with Gasteiger partial charge in [-0.2, -0.15) is 0 Å². The predicted molar refractivity (Wildman–Crippen MR) is 94.8 cm³/mol. The minimum Gasteiger partial charge on any atom is -0.352 e. The van der Waals surface area contributed by atoms with Crippen LogP contribution in [0.3, 0.4) is 0 Å². The van der Waals surface area contributed by atoms with Gasteiger partial charge in [0, 0.05) is 18.6 Å². The maximum Gasteiger partial charge on any atom is 0.318 e. The van der Waals surface area contributed by atoms with Gasteiger partial charge in [0.25, 0.3) is 0 Å². The van der Waals surface area contributed by atoms with Crippen molar-refractivity contribution in [1.82, 2.24) is 15.5 Å². The fourth-order valence-electron chi connectivity index (χ4n) is 4.51. The number of hydrogen-bond acceptors (Lipinski definition) is 2. The molecule has 1 atom stereocenters. The Morgan fingerprint density at radius 2 is 1.21 bits per heavy atom. The van der Waals surface area contributed by atoms with Gasteiger partial charge in [0.05, 0.1) is 0 Å². The summed E-state index contributed by atoms with van der Waals surface area (Å²) in [5.41, 5.74) is 0. The normalized spacial score (nSPS) is 26.8. The molecule has 0 unspecified atom stereocenters. The summed E-state index contributed by atoms with van der Waals surface area (Å²) >= 11 is 0. The van der Waals surface area contributed by atoms with Crippen molar-refractivity contribution < 1.29 is 9.59 Å². The van der Waals surface area contributed by atoms with Crippen LogP contribution in [-0.2, 0) is 4.79 Å². The van der Waals surface area contributed by atoms with Crippen LogP contribution >= 0.6 is 0 Å². The first-order valence-corrected chi connectivity index (χ1v) is 10.1. The van der Waals surface area contributed by atoms with Gasteiger partial charge in [-0.25, -0.2) is 4.79 Å². The van der Waals surface area contributed by atoms with Gasteiger partial charge in [-0.1, -0.05) is 44.9 Å². The number of carbonyl (C=O) groups excluding carboxylic acids is 2. The van der Waals surface area contributed by atoms with Gasteiger partial charge < -0.3 is 15.5 Å². The van der Waals surface area contributed by atoms with Crippen molar-refractivity contribution in [3.63, 3.8) is 0 Å². The SMILES string of the molecule is O=C(NC1CCCCCC1)[C@@H]1CCCN1C(=O)NC1CCCCC1. The molecule has 3 fully saturated rings. The van der Waals surface area contributed by atoms with Crippen LogP contribution in [0.15, 0.2) is 0 Å². The number of likely N-dealkylation sites (tertiary alicyclic amines) is 1. The molecule has 3 aliphatic rings. The number of urea groups is 1. The Balaban J connectivity index is 1.51. The lowest BCUT2D eigenvalue weighted by Gasteiger charge is -2.29. The summed E-state index contributed by atoms with van der Waals surface area (Å²) in [5.74, 6) is 0.0678. The van der Waals surface area contributed by atoms with Crippen molar-refractivity contribution in [2.75, 3.05) is 6.54 Å². The minimum atomic E-state index is -0.267. The van der Waals surface area contributed by atoms with Gasteiger partial charge in [0.15, 0.2) is 0 Å². The van der Waals surface area contributed by atoms with Crippen LogP contribution in [0, 0.1) is 0 Å². The second-order valence-electron chi connectivity index (χ2n) is 7.83. The van der Waals surface area contributed by atoms with Crippen LogP contribution in [0.5, 0.6) is 0 Å². The third-order valence-corrected chi connectivity index (χ3v) is 5.95. The molecule has 1 saturated heterocycles. The average Bonchev–Trinajstić information content (AvgIpc) is 2.95. The van der Waals surface area contributed by atoms with Gasteiger partial charge in [0.1, 0.15) is 6.04 Å². The number of rotatable bonds is 3. The van der Waals surface area contributed by atoms with Crippen molar-refractivity contribution >= 4 is 11.9 Å². The van der Waals surface area contributed by atoms with E-state index in [2.05, 4.69) is 10.6 Å². The van der Waals surface area contributed by atoms with E-state index in [0.29, 0.717) is 18.6 Å². The highest BCUT2D eigenvalue weighted by Gasteiger charge is 2.35. The third-order valence-electron chi connectivity index (χ3n) is 5.95. The van der Waals surface area contributed by atoms with Crippen molar-refractivity contribution in [3.05, 3.63) is 0 Å².